The molecule has 13 heteroatoms. The van der Waals surface area contributed by atoms with Crippen LogP contribution in [0.15, 0.2) is 101 Å². The lowest BCUT2D eigenvalue weighted by Gasteiger charge is -2.22. The number of aromatic nitrogens is 3. The minimum atomic E-state index is -0.361. The van der Waals surface area contributed by atoms with Crippen molar-refractivity contribution >= 4 is 40.6 Å². The van der Waals surface area contributed by atoms with Crippen molar-refractivity contribution in [1.82, 2.24) is 25.1 Å². The largest absolute Gasteiger partial charge is 0.493 e. The molecule has 1 aliphatic rings. The van der Waals surface area contributed by atoms with Gasteiger partial charge in [-0.3, -0.25) is 14.2 Å². The summed E-state index contributed by atoms with van der Waals surface area (Å²) >= 11 is 2.78. The van der Waals surface area contributed by atoms with E-state index in [1.54, 1.807) is 41.7 Å². The number of carbonyl (C=O) groups excluding carboxylic acids is 2. The number of halogens is 1. The average Bonchev–Trinajstić information content (AvgIpc) is 3.87. The molecule has 234 valence electrons. The second kappa shape index (κ2) is 14.0. The highest BCUT2D eigenvalue weighted by Crippen LogP contribution is 2.35. The number of thioether (sulfide) groups is 1. The Morgan fingerprint density at radius 2 is 1.76 bits per heavy atom. The molecule has 0 radical (unpaired) electrons. The second-order valence-corrected chi connectivity index (χ2v) is 12.0. The van der Waals surface area contributed by atoms with Crippen molar-refractivity contribution in [3.63, 3.8) is 0 Å². The zero-order valence-electron chi connectivity index (χ0n) is 24.9. The average molecular weight is 657 g/mol. The Balaban J connectivity index is 1.21. The van der Waals surface area contributed by atoms with E-state index in [-0.39, 0.29) is 36.0 Å². The molecule has 46 heavy (non-hydrogen) atoms. The molecule has 6 rings (SSSR count). The number of rotatable bonds is 11. The van der Waals surface area contributed by atoms with Crippen LogP contribution in [0, 0.1) is 5.82 Å². The Kier molecular flexibility index (Phi) is 9.41. The number of hydrogen-bond donors (Lipinski definition) is 1. The van der Waals surface area contributed by atoms with Crippen LogP contribution in [0.25, 0.3) is 5.69 Å². The summed E-state index contributed by atoms with van der Waals surface area (Å²) in [6.45, 7) is 0.0802. The summed E-state index contributed by atoms with van der Waals surface area (Å²) in [5, 5.41) is 20.3. The van der Waals surface area contributed by atoms with Gasteiger partial charge in [-0.05, 0) is 59.5 Å². The summed E-state index contributed by atoms with van der Waals surface area (Å²) < 4.78 is 26.1. The molecule has 0 aliphatic carbocycles. The molecule has 0 saturated heterocycles. The van der Waals surface area contributed by atoms with Gasteiger partial charge in [-0.25, -0.2) is 9.40 Å². The molecular weight excluding hydrogens is 628 g/mol. The topological polar surface area (TPSA) is 111 Å². The summed E-state index contributed by atoms with van der Waals surface area (Å²) in [4.78, 5) is 27.7. The molecule has 0 spiro atoms. The Labute approximate surface area is 272 Å². The number of thiophene rings is 1. The molecule has 2 amide bonds. The summed E-state index contributed by atoms with van der Waals surface area (Å²) in [6, 6.07) is 24.1. The van der Waals surface area contributed by atoms with E-state index in [4.69, 9.17) is 14.6 Å². The fourth-order valence-corrected chi connectivity index (χ4v) is 6.60. The van der Waals surface area contributed by atoms with Gasteiger partial charge in [-0.2, -0.15) is 5.10 Å². The predicted molar refractivity (Wildman–Crippen MR) is 174 cm³/mol. The number of carbonyl (C=O) groups is 2. The number of hydrazone groups is 1. The summed E-state index contributed by atoms with van der Waals surface area (Å²) in [5.41, 5.74) is 2.78. The van der Waals surface area contributed by atoms with Gasteiger partial charge in [0.15, 0.2) is 22.5 Å². The molecule has 3 aromatic carbocycles. The van der Waals surface area contributed by atoms with Gasteiger partial charge < -0.3 is 14.8 Å². The molecule has 1 N–H and O–H groups in total. The first kappa shape index (κ1) is 31.0. The third kappa shape index (κ3) is 6.65. The lowest BCUT2D eigenvalue weighted by molar-refractivity contribution is -0.130. The van der Waals surface area contributed by atoms with Crippen molar-refractivity contribution in [3.8, 4) is 17.2 Å². The van der Waals surface area contributed by atoms with Crippen molar-refractivity contribution in [3.05, 3.63) is 118 Å². The SMILES string of the molecule is COc1ccc(C(=O)NCc2nnc(SCC(=O)N3N=C(c4cccs4)C[C@H]3c3ccc(F)cc3)n2-c2ccccc2)cc1OC. The van der Waals surface area contributed by atoms with Gasteiger partial charge in [0, 0.05) is 17.7 Å². The van der Waals surface area contributed by atoms with Crippen molar-refractivity contribution in [1.29, 1.82) is 0 Å². The lowest BCUT2D eigenvalue weighted by atomic mass is 10.0. The van der Waals surface area contributed by atoms with Gasteiger partial charge in [0.05, 0.1) is 43.1 Å². The second-order valence-electron chi connectivity index (χ2n) is 10.1. The van der Waals surface area contributed by atoms with Gasteiger partial charge in [0.25, 0.3) is 11.8 Å². The van der Waals surface area contributed by atoms with E-state index in [0.717, 1.165) is 21.8 Å². The Morgan fingerprint density at radius 3 is 2.48 bits per heavy atom. The number of benzene rings is 3. The number of amides is 2. The van der Waals surface area contributed by atoms with E-state index >= 15 is 0 Å². The van der Waals surface area contributed by atoms with Gasteiger partial charge in [-0.1, -0.05) is 48.2 Å². The Hall–Kier alpha value is -5.01. The number of ether oxygens (including phenoxy) is 2. The van der Waals surface area contributed by atoms with Crippen LogP contribution in [-0.4, -0.2) is 57.3 Å². The normalized spacial score (nSPS) is 14.2. The zero-order chi connectivity index (χ0) is 32.0. The first-order valence-electron chi connectivity index (χ1n) is 14.3. The summed E-state index contributed by atoms with van der Waals surface area (Å²) in [7, 11) is 3.04. The first-order chi connectivity index (χ1) is 22.4. The quantitative estimate of drug-likeness (QED) is 0.177. The number of hydrogen-bond acceptors (Lipinski definition) is 9. The van der Waals surface area contributed by atoms with Crippen LogP contribution in [-0.2, 0) is 11.3 Å². The van der Waals surface area contributed by atoms with Crippen molar-refractivity contribution < 1.29 is 23.5 Å². The predicted octanol–water partition coefficient (Wildman–Crippen LogP) is 5.89. The van der Waals surface area contributed by atoms with Gasteiger partial charge in [-0.15, -0.1) is 21.5 Å². The molecule has 5 aromatic rings. The standard InChI is InChI=1S/C33H29FN6O4S2/c1-43-27-15-12-22(17-28(27)44-2)32(42)35-19-30-36-37-33(39(30)24-7-4-3-5-8-24)46-20-31(41)40-26(21-10-13-23(34)14-11-21)18-25(38-40)29-9-6-16-45-29/h3-17,26H,18-20H2,1-2H3,(H,35,42)/t26-/m0/s1. The van der Waals surface area contributed by atoms with E-state index in [9.17, 15) is 14.0 Å². The number of nitrogens with zero attached hydrogens (tertiary/aromatic N) is 5. The Morgan fingerprint density at radius 1 is 0.978 bits per heavy atom. The number of nitrogens with one attached hydrogen (secondary N) is 1. The summed E-state index contributed by atoms with van der Waals surface area (Å²) in [5.74, 6) is 0.582. The van der Waals surface area contributed by atoms with E-state index in [1.165, 1.54) is 43.1 Å². The fraction of sp³-hybridized carbons (Fsp3) is 0.182. The molecule has 10 nitrogen and oxygen atoms in total. The molecule has 0 bridgehead atoms. The molecule has 1 aliphatic heterocycles. The molecule has 2 aromatic heterocycles. The number of para-hydroxylation sites is 1. The Bertz CT molecular complexity index is 1860. The van der Waals surface area contributed by atoms with Gasteiger partial charge in [0.2, 0.25) is 0 Å². The minimum absolute atomic E-state index is 0.0296. The highest BCUT2D eigenvalue weighted by atomic mass is 32.2. The van der Waals surface area contributed by atoms with Crippen LogP contribution < -0.4 is 14.8 Å². The van der Waals surface area contributed by atoms with Gasteiger partial charge in [0.1, 0.15) is 5.82 Å². The van der Waals surface area contributed by atoms with E-state index < -0.39 is 0 Å². The van der Waals surface area contributed by atoms with Crippen molar-refractivity contribution in [2.24, 2.45) is 5.10 Å². The molecule has 3 heterocycles. The fourth-order valence-electron chi connectivity index (χ4n) is 5.05. The van der Waals surface area contributed by atoms with Crippen LogP contribution in [0.1, 0.15) is 39.1 Å². The number of methoxy groups -OCH3 is 2. The van der Waals surface area contributed by atoms with E-state index in [0.29, 0.717) is 34.5 Å². The van der Waals surface area contributed by atoms with E-state index in [2.05, 4.69) is 15.5 Å². The third-order valence-corrected chi connectivity index (χ3v) is 9.15. The highest BCUT2D eigenvalue weighted by molar-refractivity contribution is 7.99. The van der Waals surface area contributed by atoms with Crippen LogP contribution >= 0.6 is 23.1 Å². The maximum Gasteiger partial charge on any atom is 0.253 e. The van der Waals surface area contributed by atoms with Crippen molar-refractivity contribution in [2.45, 2.75) is 24.2 Å². The van der Waals surface area contributed by atoms with Crippen LogP contribution in [0.4, 0.5) is 4.39 Å². The first-order valence-corrected chi connectivity index (χ1v) is 16.1. The zero-order valence-corrected chi connectivity index (χ0v) is 26.6. The molecular formula is C33H29FN6O4S2. The minimum Gasteiger partial charge on any atom is -0.493 e. The maximum atomic E-state index is 13.7. The van der Waals surface area contributed by atoms with Crippen LogP contribution in [0.5, 0.6) is 11.5 Å². The highest BCUT2D eigenvalue weighted by Gasteiger charge is 2.33. The molecule has 0 saturated carbocycles. The van der Waals surface area contributed by atoms with Crippen LogP contribution in [0.3, 0.4) is 0 Å². The molecule has 1 atom stereocenters. The smallest absolute Gasteiger partial charge is 0.253 e. The maximum absolute atomic E-state index is 13.7. The van der Waals surface area contributed by atoms with Crippen molar-refractivity contribution in [2.75, 3.05) is 20.0 Å². The molecule has 0 fully saturated rings. The van der Waals surface area contributed by atoms with E-state index in [1.807, 2.05) is 52.4 Å². The third-order valence-electron chi connectivity index (χ3n) is 7.32. The van der Waals surface area contributed by atoms with Crippen LogP contribution in [0.2, 0.25) is 0 Å². The summed E-state index contributed by atoms with van der Waals surface area (Å²) in [6.07, 6.45) is 0.521. The lowest BCUT2D eigenvalue weighted by Crippen LogP contribution is -2.28. The monoisotopic (exact) mass is 656 g/mol. The van der Waals surface area contributed by atoms with Gasteiger partial charge >= 0.3 is 0 Å². The molecule has 0 unspecified atom stereocenters.